The first-order valence-corrected chi connectivity index (χ1v) is 11.0. The van der Waals surface area contributed by atoms with Crippen molar-refractivity contribution in [2.24, 2.45) is 5.73 Å². The molecule has 10 heteroatoms. The minimum atomic E-state index is -4.01. The fourth-order valence-corrected chi connectivity index (χ4v) is 3.97. The van der Waals surface area contributed by atoms with E-state index < -0.39 is 34.0 Å². The molecule has 0 spiro atoms. The highest BCUT2D eigenvalue weighted by Crippen LogP contribution is 2.23. The van der Waals surface area contributed by atoms with Crippen molar-refractivity contribution < 1.29 is 28.3 Å². The maximum Gasteiger partial charge on any atom is 0.269 e. The second kappa shape index (κ2) is 10.5. The lowest BCUT2D eigenvalue weighted by molar-refractivity contribution is -0.132. The highest BCUT2D eigenvalue weighted by atomic mass is 32.2. The number of aliphatic hydroxyl groups is 1. The van der Waals surface area contributed by atoms with Crippen LogP contribution >= 0.6 is 0 Å². The maximum absolute atomic E-state index is 12.4. The summed E-state index contributed by atoms with van der Waals surface area (Å²) in [7, 11) is -4.01. The third-order valence-electron chi connectivity index (χ3n) is 4.19. The normalized spacial score (nSPS) is 12.2. The quantitative estimate of drug-likeness (QED) is 0.278. The number of aliphatic hydroxyl groups excluding tert-OH is 1. The molecule has 2 aromatic carbocycles. The number of hydrogen-bond donors (Lipinski definition) is 4. The van der Waals surface area contributed by atoms with Crippen LogP contribution in [0.15, 0.2) is 48.5 Å². The first kappa shape index (κ1) is 24.4. The van der Waals surface area contributed by atoms with Crippen LogP contribution in [0.1, 0.15) is 28.4 Å². The monoisotopic (exact) mass is 455 g/mol. The summed E-state index contributed by atoms with van der Waals surface area (Å²) in [6.07, 6.45) is -0.543. The summed E-state index contributed by atoms with van der Waals surface area (Å²) in [4.78, 5) is 23.1. The van der Waals surface area contributed by atoms with Crippen LogP contribution in [0.4, 0.5) is 5.69 Å². The molecule has 2 rings (SSSR count). The standard InChI is InChI=1S/C22H21N3O6S/c1-15(26)20(22(28)24-29)25(32(2,30)31)19-9-5-8-17(14-19)7-4-3-6-16-10-12-18(13-11-16)21(23)27/h5,8-15,20,26,29H,1-2H3,(H2,23,27)(H,24,28)/t15-,20+/m1/s1. The topological polar surface area (TPSA) is 150 Å². The first-order chi connectivity index (χ1) is 15.0. The molecule has 2 amide bonds. The van der Waals surface area contributed by atoms with Crippen molar-refractivity contribution in [3.05, 3.63) is 65.2 Å². The Hall–Kier alpha value is -3.83. The van der Waals surface area contributed by atoms with Gasteiger partial charge in [0.05, 0.1) is 18.0 Å². The number of anilines is 1. The third kappa shape index (κ3) is 6.33. The van der Waals surface area contributed by atoms with Crippen molar-refractivity contribution in [2.45, 2.75) is 19.1 Å². The van der Waals surface area contributed by atoms with Crippen LogP contribution in [-0.4, -0.2) is 48.9 Å². The van der Waals surface area contributed by atoms with Crippen LogP contribution < -0.4 is 15.5 Å². The molecule has 0 fully saturated rings. The lowest BCUT2D eigenvalue weighted by Crippen LogP contribution is -2.54. The molecule has 5 N–H and O–H groups in total. The zero-order chi connectivity index (χ0) is 23.9. The molecular formula is C22H21N3O6S. The van der Waals surface area contributed by atoms with Crippen LogP contribution in [0.5, 0.6) is 0 Å². The number of nitrogens with two attached hydrogens (primary N) is 1. The molecule has 0 unspecified atom stereocenters. The largest absolute Gasteiger partial charge is 0.391 e. The number of amides is 2. The number of nitrogens with one attached hydrogen (secondary N) is 1. The number of rotatable bonds is 6. The van der Waals surface area contributed by atoms with Gasteiger partial charge in [-0.1, -0.05) is 17.9 Å². The molecule has 0 bridgehead atoms. The molecule has 0 aliphatic carbocycles. The molecule has 2 aromatic rings. The minimum Gasteiger partial charge on any atom is -0.391 e. The Bertz CT molecular complexity index is 1230. The third-order valence-corrected chi connectivity index (χ3v) is 5.34. The van der Waals surface area contributed by atoms with E-state index in [2.05, 4.69) is 23.7 Å². The average molecular weight is 455 g/mol. The molecule has 0 radical (unpaired) electrons. The Morgan fingerprint density at radius 1 is 1.06 bits per heavy atom. The summed E-state index contributed by atoms with van der Waals surface area (Å²) in [5.74, 6) is 9.23. The van der Waals surface area contributed by atoms with Crippen LogP contribution in [0.2, 0.25) is 0 Å². The number of hydrogen-bond acceptors (Lipinski definition) is 6. The second-order valence-electron chi connectivity index (χ2n) is 6.71. The van der Waals surface area contributed by atoms with Gasteiger partial charge in [0.2, 0.25) is 15.9 Å². The van der Waals surface area contributed by atoms with Gasteiger partial charge in [0.15, 0.2) is 6.04 Å². The van der Waals surface area contributed by atoms with Gasteiger partial charge < -0.3 is 10.8 Å². The maximum atomic E-state index is 12.4. The molecule has 0 aliphatic rings. The van der Waals surface area contributed by atoms with Gasteiger partial charge in [-0.15, -0.1) is 0 Å². The summed E-state index contributed by atoms with van der Waals surface area (Å²) >= 11 is 0. The van der Waals surface area contributed by atoms with E-state index in [1.165, 1.54) is 30.6 Å². The number of benzene rings is 2. The van der Waals surface area contributed by atoms with E-state index in [-0.39, 0.29) is 5.69 Å². The fourth-order valence-electron chi connectivity index (χ4n) is 2.79. The molecule has 0 saturated carbocycles. The van der Waals surface area contributed by atoms with E-state index in [0.29, 0.717) is 21.0 Å². The van der Waals surface area contributed by atoms with Crippen molar-refractivity contribution in [3.8, 4) is 23.7 Å². The smallest absolute Gasteiger partial charge is 0.269 e. The lowest BCUT2D eigenvalue weighted by Gasteiger charge is -2.31. The van der Waals surface area contributed by atoms with Gasteiger partial charge in [0.25, 0.3) is 5.91 Å². The Morgan fingerprint density at radius 3 is 2.16 bits per heavy atom. The lowest BCUT2D eigenvalue weighted by atomic mass is 10.1. The molecule has 2 atom stereocenters. The highest BCUT2D eigenvalue weighted by molar-refractivity contribution is 7.92. The second-order valence-corrected chi connectivity index (χ2v) is 8.57. The zero-order valence-electron chi connectivity index (χ0n) is 17.2. The van der Waals surface area contributed by atoms with Gasteiger partial charge in [-0.05, 0) is 61.2 Å². The molecule has 0 heterocycles. The number of primary amides is 1. The summed E-state index contributed by atoms with van der Waals surface area (Å²) in [5.41, 5.74) is 8.02. The SMILES string of the molecule is C[C@@H](O)[C@@H](C(=O)NO)N(c1cccc(C#CC#Cc2ccc(C(N)=O)cc2)c1)S(C)(=O)=O. The molecule has 0 aromatic heterocycles. The molecule has 0 aliphatic heterocycles. The van der Waals surface area contributed by atoms with Gasteiger partial charge >= 0.3 is 0 Å². The van der Waals surface area contributed by atoms with Gasteiger partial charge in [-0.2, -0.15) is 0 Å². The number of nitrogens with zero attached hydrogens (tertiary/aromatic N) is 1. The summed E-state index contributed by atoms with van der Waals surface area (Å²) in [5, 5.41) is 18.9. The van der Waals surface area contributed by atoms with Crippen LogP contribution in [0, 0.1) is 23.7 Å². The van der Waals surface area contributed by atoms with Crippen molar-refractivity contribution in [3.63, 3.8) is 0 Å². The zero-order valence-corrected chi connectivity index (χ0v) is 18.1. The Balaban J connectivity index is 2.35. The number of sulfonamides is 1. The van der Waals surface area contributed by atoms with Crippen molar-refractivity contribution in [1.82, 2.24) is 5.48 Å². The molecule has 166 valence electrons. The minimum absolute atomic E-state index is 0.0730. The van der Waals surface area contributed by atoms with Crippen molar-refractivity contribution in [2.75, 3.05) is 10.6 Å². The van der Waals surface area contributed by atoms with E-state index in [4.69, 9.17) is 10.9 Å². The van der Waals surface area contributed by atoms with E-state index in [1.807, 2.05) is 0 Å². The molecule has 9 nitrogen and oxygen atoms in total. The Morgan fingerprint density at radius 2 is 1.66 bits per heavy atom. The fraction of sp³-hybridized carbons (Fsp3) is 0.182. The van der Waals surface area contributed by atoms with E-state index >= 15 is 0 Å². The van der Waals surface area contributed by atoms with Crippen molar-refractivity contribution >= 4 is 27.5 Å². The van der Waals surface area contributed by atoms with E-state index in [9.17, 15) is 23.1 Å². The number of carbonyl (C=O) groups excluding carboxylic acids is 2. The van der Waals surface area contributed by atoms with E-state index in [0.717, 1.165) is 6.26 Å². The van der Waals surface area contributed by atoms with Crippen LogP contribution in [-0.2, 0) is 14.8 Å². The molecule has 0 saturated heterocycles. The highest BCUT2D eigenvalue weighted by Gasteiger charge is 2.36. The number of hydroxylamine groups is 1. The summed E-state index contributed by atoms with van der Waals surface area (Å²) < 4.78 is 25.4. The molecule has 32 heavy (non-hydrogen) atoms. The Kier molecular flexibility index (Phi) is 7.99. The summed E-state index contributed by atoms with van der Waals surface area (Å²) in [6, 6.07) is 10.7. The Labute approximate surface area is 185 Å². The predicted octanol–water partition coefficient (Wildman–Crippen LogP) is 0.209. The predicted molar refractivity (Wildman–Crippen MR) is 118 cm³/mol. The molecular weight excluding hydrogens is 434 g/mol. The van der Waals surface area contributed by atoms with Crippen LogP contribution in [0.3, 0.4) is 0 Å². The van der Waals surface area contributed by atoms with Crippen molar-refractivity contribution in [1.29, 1.82) is 0 Å². The first-order valence-electron chi connectivity index (χ1n) is 9.18. The van der Waals surface area contributed by atoms with Gasteiger partial charge in [0.1, 0.15) is 0 Å². The van der Waals surface area contributed by atoms with Gasteiger partial charge in [0, 0.05) is 16.7 Å². The van der Waals surface area contributed by atoms with Gasteiger partial charge in [-0.25, -0.2) is 13.9 Å². The van der Waals surface area contributed by atoms with Crippen LogP contribution in [0.25, 0.3) is 0 Å². The van der Waals surface area contributed by atoms with Gasteiger partial charge in [-0.3, -0.25) is 19.1 Å². The summed E-state index contributed by atoms with van der Waals surface area (Å²) in [6.45, 7) is 1.23. The van der Waals surface area contributed by atoms with E-state index in [1.54, 1.807) is 30.3 Å². The number of carbonyl (C=O) groups is 2. The average Bonchev–Trinajstić information content (AvgIpc) is 2.73.